The van der Waals surface area contributed by atoms with Crippen molar-refractivity contribution < 1.29 is 9.53 Å². The topological polar surface area (TPSA) is 89.9 Å². The fourth-order valence-corrected chi connectivity index (χ4v) is 3.23. The van der Waals surface area contributed by atoms with Gasteiger partial charge >= 0.3 is 0 Å². The Morgan fingerprint density at radius 2 is 2.18 bits per heavy atom. The number of anilines is 1. The Bertz CT molecular complexity index is 1100. The van der Waals surface area contributed by atoms with Crippen LogP contribution in [0.4, 0.5) is 5.13 Å². The Labute approximate surface area is 170 Å². The number of rotatable bonds is 4. The van der Waals surface area contributed by atoms with Crippen LogP contribution < -0.4 is 10.1 Å². The summed E-state index contributed by atoms with van der Waals surface area (Å²) in [5.41, 5.74) is 1.50. The minimum atomic E-state index is -0.350. The van der Waals surface area contributed by atoms with Crippen LogP contribution in [0.3, 0.4) is 0 Å². The van der Waals surface area contributed by atoms with E-state index in [9.17, 15) is 4.79 Å². The lowest BCUT2D eigenvalue weighted by Crippen LogP contribution is -2.13. The molecule has 0 unspecified atom stereocenters. The van der Waals surface area contributed by atoms with Crippen LogP contribution in [0.5, 0.6) is 5.88 Å². The molecule has 1 saturated carbocycles. The average Bonchev–Trinajstić information content (AvgIpc) is 3.44. The molecular weight excluding hydrogens is 398 g/mol. The summed E-state index contributed by atoms with van der Waals surface area (Å²) in [7, 11) is 1.50. The predicted molar refractivity (Wildman–Crippen MR) is 106 cm³/mol. The van der Waals surface area contributed by atoms with E-state index in [1.54, 1.807) is 18.3 Å². The number of methoxy groups -OCH3 is 1. The lowest BCUT2D eigenvalue weighted by Gasteiger charge is -2.11. The van der Waals surface area contributed by atoms with Gasteiger partial charge in [0.15, 0.2) is 5.01 Å². The molecule has 0 saturated heterocycles. The van der Waals surface area contributed by atoms with Gasteiger partial charge in [-0.25, -0.2) is 4.98 Å². The molecule has 28 heavy (non-hydrogen) atoms. The highest BCUT2D eigenvalue weighted by molar-refractivity contribution is 7.15. The quantitative estimate of drug-likeness (QED) is 0.659. The van der Waals surface area contributed by atoms with Gasteiger partial charge < -0.3 is 4.74 Å². The van der Waals surface area contributed by atoms with Gasteiger partial charge in [0, 0.05) is 35.6 Å². The molecule has 3 heterocycles. The third-order valence-electron chi connectivity index (χ3n) is 3.97. The van der Waals surface area contributed by atoms with E-state index in [0.29, 0.717) is 43.7 Å². The van der Waals surface area contributed by atoms with Gasteiger partial charge in [0.05, 0.1) is 17.7 Å². The van der Waals surface area contributed by atoms with Crippen molar-refractivity contribution >= 4 is 34.0 Å². The fraction of sp³-hybridized carbons (Fsp3) is 0.211. The molecule has 1 aliphatic rings. The zero-order chi connectivity index (χ0) is 19.5. The maximum atomic E-state index is 12.8. The van der Waals surface area contributed by atoms with Crippen LogP contribution >= 0.6 is 22.9 Å². The van der Waals surface area contributed by atoms with Crippen molar-refractivity contribution in [2.75, 3.05) is 12.4 Å². The number of ether oxygens (including phenoxy) is 1. The summed E-state index contributed by atoms with van der Waals surface area (Å²) in [6, 6.07) is 3.29. The van der Waals surface area contributed by atoms with E-state index in [1.165, 1.54) is 30.8 Å². The van der Waals surface area contributed by atoms with Gasteiger partial charge in [-0.2, -0.15) is 0 Å². The molecule has 1 aliphatic carbocycles. The maximum absolute atomic E-state index is 12.8. The van der Waals surface area contributed by atoms with Crippen molar-refractivity contribution in [3.05, 3.63) is 46.3 Å². The number of nitrogens with zero attached hydrogens (tertiary/aromatic N) is 4. The Morgan fingerprint density at radius 3 is 2.96 bits per heavy atom. The highest BCUT2D eigenvalue weighted by Gasteiger charge is 2.19. The lowest BCUT2D eigenvalue weighted by atomic mass is 10.0. The van der Waals surface area contributed by atoms with Gasteiger partial charge in [0.25, 0.3) is 5.91 Å². The Morgan fingerprint density at radius 1 is 1.32 bits per heavy atom. The molecule has 0 atom stereocenters. The van der Waals surface area contributed by atoms with E-state index >= 15 is 0 Å². The average molecular weight is 412 g/mol. The molecule has 7 nitrogen and oxygen atoms in total. The number of nitrogens with one attached hydrogen (secondary N) is 1. The number of halogens is 1. The normalized spacial score (nSPS) is 12.8. The molecule has 3 aromatic heterocycles. The van der Waals surface area contributed by atoms with Gasteiger partial charge in [-0.1, -0.05) is 28.9 Å². The number of carbonyl (C=O) groups excluding carboxylic acids is 1. The smallest absolute Gasteiger partial charge is 0.258 e. The van der Waals surface area contributed by atoms with Crippen molar-refractivity contribution in [1.82, 2.24) is 20.2 Å². The van der Waals surface area contributed by atoms with Crippen molar-refractivity contribution in [2.24, 2.45) is 5.92 Å². The second-order valence-electron chi connectivity index (χ2n) is 6.04. The van der Waals surface area contributed by atoms with Crippen molar-refractivity contribution in [1.29, 1.82) is 0 Å². The van der Waals surface area contributed by atoms with Crippen LogP contribution in [-0.4, -0.2) is 33.2 Å². The summed E-state index contributed by atoms with van der Waals surface area (Å²) >= 11 is 7.31. The summed E-state index contributed by atoms with van der Waals surface area (Å²) in [5.74, 6) is 6.59. The van der Waals surface area contributed by atoms with Crippen LogP contribution in [0, 0.1) is 17.8 Å². The molecule has 4 rings (SSSR count). The van der Waals surface area contributed by atoms with E-state index in [4.69, 9.17) is 16.3 Å². The number of aromatic nitrogens is 4. The second-order valence-corrected chi connectivity index (χ2v) is 7.46. The van der Waals surface area contributed by atoms with Crippen molar-refractivity contribution in [3.63, 3.8) is 0 Å². The molecule has 1 N–H and O–H groups in total. The third-order valence-corrected chi connectivity index (χ3v) is 4.93. The minimum Gasteiger partial charge on any atom is -0.481 e. The zero-order valence-corrected chi connectivity index (χ0v) is 16.3. The van der Waals surface area contributed by atoms with Crippen LogP contribution in [0.1, 0.15) is 28.2 Å². The maximum Gasteiger partial charge on any atom is 0.258 e. The van der Waals surface area contributed by atoms with Crippen LogP contribution in [-0.2, 0) is 0 Å². The monoisotopic (exact) mass is 411 g/mol. The summed E-state index contributed by atoms with van der Waals surface area (Å²) < 4.78 is 5.30. The Balaban J connectivity index is 1.61. The molecule has 9 heteroatoms. The SMILES string of the molecule is COc1ncc(Cl)cc1-c1cnccc1C(=O)Nc1nnc(C#CC2CC2)s1. The lowest BCUT2D eigenvalue weighted by molar-refractivity contribution is 0.102. The van der Waals surface area contributed by atoms with Gasteiger partial charge in [-0.3, -0.25) is 15.1 Å². The Kier molecular flexibility index (Phi) is 5.19. The molecule has 140 valence electrons. The van der Waals surface area contributed by atoms with E-state index in [-0.39, 0.29) is 5.91 Å². The predicted octanol–water partition coefficient (Wildman–Crippen LogP) is 3.67. The van der Waals surface area contributed by atoms with E-state index in [0.717, 1.165) is 12.8 Å². The first-order valence-corrected chi connectivity index (χ1v) is 9.64. The molecule has 0 aromatic carbocycles. The fourth-order valence-electron chi connectivity index (χ4n) is 2.47. The molecule has 0 spiro atoms. The molecule has 3 aromatic rings. The first-order valence-electron chi connectivity index (χ1n) is 8.44. The highest BCUT2D eigenvalue weighted by atomic mass is 35.5. The van der Waals surface area contributed by atoms with Gasteiger partial charge in [-0.15, -0.1) is 10.2 Å². The van der Waals surface area contributed by atoms with Gasteiger partial charge in [0.2, 0.25) is 11.0 Å². The third kappa shape index (κ3) is 4.11. The zero-order valence-electron chi connectivity index (χ0n) is 14.8. The standard InChI is InChI=1S/C19H14ClN5O2S/c1-27-18-14(8-12(20)9-22-18)15-10-21-7-6-13(15)17(26)23-19-25-24-16(28-19)5-4-11-2-3-11/h6-11H,2-3H2,1H3,(H,23,25,26). The summed E-state index contributed by atoms with van der Waals surface area (Å²) in [5, 5.41) is 12.1. The number of amides is 1. The second kappa shape index (κ2) is 7.92. The molecular formula is C19H14ClN5O2S. The van der Waals surface area contributed by atoms with Crippen LogP contribution in [0.25, 0.3) is 11.1 Å². The van der Waals surface area contributed by atoms with Gasteiger partial charge in [-0.05, 0) is 30.9 Å². The Hall–Kier alpha value is -3.02. The number of pyridine rings is 2. The van der Waals surface area contributed by atoms with Gasteiger partial charge in [0.1, 0.15) is 0 Å². The highest BCUT2D eigenvalue weighted by Crippen LogP contribution is 2.33. The molecule has 1 amide bonds. The van der Waals surface area contributed by atoms with Crippen LogP contribution in [0.2, 0.25) is 5.02 Å². The van der Waals surface area contributed by atoms with E-state index < -0.39 is 0 Å². The molecule has 0 bridgehead atoms. The summed E-state index contributed by atoms with van der Waals surface area (Å²) in [6.07, 6.45) is 6.86. The number of hydrogen-bond donors (Lipinski definition) is 1. The largest absolute Gasteiger partial charge is 0.481 e. The molecule has 1 fully saturated rings. The van der Waals surface area contributed by atoms with Crippen molar-refractivity contribution in [2.45, 2.75) is 12.8 Å². The molecule has 0 aliphatic heterocycles. The summed E-state index contributed by atoms with van der Waals surface area (Å²) in [4.78, 5) is 21.1. The first kappa shape index (κ1) is 18.3. The number of hydrogen-bond acceptors (Lipinski definition) is 7. The molecule has 0 radical (unpaired) electrons. The van der Waals surface area contributed by atoms with Crippen molar-refractivity contribution in [3.8, 4) is 28.8 Å². The first-order chi connectivity index (χ1) is 13.6. The van der Waals surface area contributed by atoms with Crippen LogP contribution in [0.15, 0.2) is 30.7 Å². The number of carbonyl (C=O) groups is 1. The van der Waals surface area contributed by atoms with E-state index in [2.05, 4.69) is 37.3 Å². The van der Waals surface area contributed by atoms with E-state index in [1.807, 2.05) is 0 Å². The summed E-state index contributed by atoms with van der Waals surface area (Å²) in [6.45, 7) is 0. The minimum absolute atomic E-state index is 0.347.